The predicted molar refractivity (Wildman–Crippen MR) is 75.6 cm³/mol. The van der Waals surface area contributed by atoms with E-state index >= 15 is 0 Å². The Balaban J connectivity index is 2.15. The first-order chi connectivity index (χ1) is 8.22. The molecule has 2 aromatic rings. The van der Waals surface area contributed by atoms with Crippen LogP contribution in [0, 0.1) is 6.92 Å². The van der Waals surface area contributed by atoms with Crippen LogP contribution >= 0.6 is 11.8 Å². The summed E-state index contributed by atoms with van der Waals surface area (Å²) in [4.78, 5) is 0. The average Bonchev–Trinajstić information content (AvgIpc) is 2.62. The van der Waals surface area contributed by atoms with E-state index in [0.29, 0.717) is 6.04 Å². The van der Waals surface area contributed by atoms with Crippen LogP contribution in [-0.4, -0.2) is 18.1 Å². The van der Waals surface area contributed by atoms with Crippen LogP contribution in [0.15, 0.2) is 28.7 Å². The molecule has 2 nitrogen and oxygen atoms in total. The van der Waals surface area contributed by atoms with Gasteiger partial charge in [-0.05, 0) is 26.2 Å². The highest BCUT2D eigenvalue weighted by Crippen LogP contribution is 2.25. The first kappa shape index (κ1) is 12.5. The lowest BCUT2D eigenvalue weighted by molar-refractivity contribution is 0.552. The summed E-state index contributed by atoms with van der Waals surface area (Å²) in [5.74, 6) is 2.16. The zero-order valence-corrected chi connectivity index (χ0v) is 11.4. The van der Waals surface area contributed by atoms with Gasteiger partial charge in [0.1, 0.15) is 11.3 Å². The summed E-state index contributed by atoms with van der Waals surface area (Å²) in [6.07, 6.45) is 2.14. The van der Waals surface area contributed by atoms with Crippen molar-refractivity contribution in [2.75, 3.05) is 12.0 Å². The second kappa shape index (κ2) is 5.61. The Bertz CT molecular complexity index is 492. The SMILES string of the molecule is CSCC(C)NCc1c(C)oc2ccccc12. The van der Waals surface area contributed by atoms with Crippen molar-refractivity contribution >= 4 is 22.7 Å². The maximum Gasteiger partial charge on any atom is 0.134 e. The molecule has 0 saturated heterocycles. The van der Waals surface area contributed by atoms with Crippen LogP contribution < -0.4 is 5.32 Å². The Morgan fingerprint density at radius 2 is 2.12 bits per heavy atom. The number of hydrogen-bond acceptors (Lipinski definition) is 3. The van der Waals surface area contributed by atoms with Gasteiger partial charge in [-0.3, -0.25) is 0 Å². The monoisotopic (exact) mass is 249 g/mol. The molecule has 1 N–H and O–H groups in total. The van der Waals surface area contributed by atoms with Gasteiger partial charge < -0.3 is 9.73 Å². The number of benzene rings is 1. The summed E-state index contributed by atoms with van der Waals surface area (Å²) in [6.45, 7) is 5.13. The molecular weight excluding hydrogens is 230 g/mol. The fourth-order valence-electron chi connectivity index (χ4n) is 2.03. The van der Waals surface area contributed by atoms with Crippen LogP contribution in [-0.2, 0) is 6.54 Å². The number of hydrogen-bond donors (Lipinski definition) is 1. The largest absolute Gasteiger partial charge is 0.461 e. The minimum atomic E-state index is 0.526. The fraction of sp³-hybridized carbons (Fsp3) is 0.429. The van der Waals surface area contributed by atoms with Crippen molar-refractivity contribution in [2.24, 2.45) is 0 Å². The van der Waals surface area contributed by atoms with E-state index in [1.165, 1.54) is 10.9 Å². The molecule has 0 aliphatic rings. The number of para-hydroxylation sites is 1. The molecule has 0 fully saturated rings. The molecule has 1 atom stereocenters. The van der Waals surface area contributed by atoms with E-state index in [1.807, 2.05) is 30.8 Å². The molecule has 0 aliphatic carbocycles. The third-order valence-corrected chi connectivity index (χ3v) is 3.78. The van der Waals surface area contributed by atoms with Gasteiger partial charge in [0.05, 0.1) is 0 Å². The van der Waals surface area contributed by atoms with Crippen LogP contribution in [0.3, 0.4) is 0 Å². The molecule has 1 aromatic heterocycles. The molecule has 92 valence electrons. The molecule has 3 heteroatoms. The Hall–Kier alpha value is -0.930. The molecule has 0 aliphatic heterocycles. The van der Waals surface area contributed by atoms with Crippen molar-refractivity contribution in [3.8, 4) is 0 Å². The lowest BCUT2D eigenvalue weighted by atomic mass is 10.1. The summed E-state index contributed by atoms with van der Waals surface area (Å²) >= 11 is 1.87. The summed E-state index contributed by atoms with van der Waals surface area (Å²) in [5.41, 5.74) is 2.27. The number of nitrogens with one attached hydrogen (secondary N) is 1. The minimum absolute atomic E-state index is 0.526. The highest BCUT2D eigenvalue weighted by molar-refractivity contribution is 7.98. The number of aryl methyl sites for hydroxylation is 1. The molecule has 0 amide bonds. The van der Waals surface area contributed by atoms with E-state index in [-0.39, 0.29) is 0 Å². The Labute approximate surface area is 107 Å². The van der Waals surface area contributed by atoms with Gasteiger partial charge in [-0.1, -0.05) is 18.2 Å². The smallest absolute Gasteiger partial charge is 0.134 e. The van der Waals surface area contributed by atoms with Crippen molar-refractivity contribution in [1.82, 2.24) is 5.32 Å². The Morgan fingerprint density at radius 3 is 2.88 bits per heavy atom. The molecule has 1 aromatic carbocycles. The second-order valence-electron chi connectivity index (χ2n) is 4.37. The van der Waals surface area contributed by atoms with E-state index < -0.39 is 0 Å². The molecule has 1 heterocycles. The lowest BCUT2D eigenvalue weighted by Gasteiger charge is -2.11. The number of furan rings is 1. The first-order valence-electron chi connectivity index (χ1n) is 5.91. The summed E-state index contributed by atoms with van der Waals surface area (Å²) in [7, 11) is 0. The molecule has 17 heavy (non-hydrogen) atoms. The van der Waals surface area contributed by atoms with Gasteiger partial charge in [-0.15, -0.1) is 0 Å². The van der Waals surface area contributed by atoms with Gasteiger partial charge in [-0.2, -0.15) is 11.8 Å². The van der Waals surface area contributed by atoms with Crippen molar-refractivity contribution in [2.45, 2.75) is 26.4 Å². The molecule has 0 saturated carbocycles. The zero-order chi connectivity index (χ0) is 12.3. The maximum absolute atomic E-state index is 5.75. The summed E-state index contributed by atoms with van der Waals surface area (Å²) < 4.78 is 5.75. The number of rotatable bonds is 5. The maximum atomic E-state index is 5.75. The minimum Gasteiger partial charge on any atom is -0.461 e. The van der Waals surface area contributed by atoms with Crippen molar-refractivity contribution < 1.29 is 4.42 Å². The number of fused-ring (bicyclic) bond motifs is 1. The summed E-state index contributed by atoms with van der Waals surface area (Å²) in [5, 5.41) is 4.77. The molecule has 0 bridgehead atoms. The molecule has 1 unspecified atom stereocenters. The van der Waals surface area contributed by atoms with E-state index in [9.17, 15) is 0 Å². The molecular formula is C14H19NOS. The fourth-order valence-corrected chi connectivity index (χ4v) is 2.64. The van der Waals surface area contributed by atoms with Crippen LogP contribution in [0.4, 0.5) is 0 Å². The second-order valence-corrected chi connectivity index (χ2v) is 5.28. The van der Waals surface area contributed by atoms with E-state index in [1.54, 1.807) is 0 Å². The first-order valence-corrected chi connectivity index (χ1v) is 7.31. The standard InChI is InChI=1S/C14H19NOS/c1-10(9-17-3)15-8-13-11(2)16-14-7-5-4-6-12(13)14/h4-7,10,15H,8-9H2,1-3H3. The van der Waals surface area contributed by atoms with Crippen LogP contribution in [0.1, 0.15) is 18.2 Å². The van der Waals surface area contributed by atoms with Crippen molar-refractivity contribution in [1.29, 1.82) is 0 Å². The van der Waals surface area contributed by atoms with Crippen LogP contribution in [0.5, 0.6) is 0 Å². The molecule has 2 rings (SSSR count). The topological polar surface area (TPSA) is 25.2 Å². The van der Waals surface area contributed by atoms with E-state index in [4.69, 9.17) is 4.42 Å². The summed E-state index contributed by atoms with van der Waals surface area (Å²) in [6, 6.07) is 8.75. The molecule has 0 spiro atoms. The number of thioether (sulfide) groups is 1. The van der Waals surface area contributed by atoms with Gasteiger partial charge in [0, 0.05) is 29.3 Å². The zero-order valence-electron chi connectivity index (χ0n) is 10.6. The Morgan fingerprint density at radius 1 is 1.35 bits per heavy atom. The third-order valence-electron chi connectivity index (χ3n) is 2.94. The third kappa shape index (κ3) is 2.85. The van der Waals surface area contributed by atoms with E-state index in [0.717, 1.165) is 23.6 Å². The van der Waals surface area contributed by atoms with Crippen LogP contribution in [0.2, 0.25) is 0 Å². The molecule has 0 radical (unpaired) electrons. The average molecular weight is 249 g/mol. The van der Waals surface area contributed by atoms with Gasteiger partial charge >= 0.3 is 0 Å². The lowest BCUT2D eigenvalue weighted by Crippen LogP contribution is -2.27. The Kier molecular flexibility index (Phi) is 4.13. The highest BCUT2D eigenvalue weighted by atomic mass is 32.2. The normalized spacial score (nSPS) is 13.1. The van der Waals surface area contributed by atoms with Gasteiger partial charge in [-0.25, -0.2) is 0 Å². The van der Waals surface area contributed by atoms with Gasteiger partial charge in [0.15, 0.2) is 0 Å². The quantitative estimate of drug-likeness (QED) is 0.876. The van der Waals surface area contributed by atoms with Crippen molar-refractivity contribution in [3.05, 3.63) is 35.6 Å². The van der Waals surface area contributed by atoms with Gasteiger partial charge in [0.2, 0.25) is 0 Å². The highest BCUT2D eigenvalue weighted by Gasteiger charge is 2.10. The van der Waals surface area contributed by atoms with Gasteiger partial charge in [0.25, 0.3) is 0 Å². The predicted octanol–water partition coefficient (Wildman–Crippen LogP) is 3.58. The van der Waals surface area contributed by atoms with E-state index in [2.05, 4.69) is 30.6 Å². The van der Waals surface area contributed by atoms with Crippen molar-refractivity contribution in [3.63, 3.8) is 0 Å². The van der Waals surface area contributed by atoms with Crippen LogP contribution in [0.25, 0.3) is 11.0 Å².